The average Bonchev–Trinajstić information content (AvgIpc) is 2.63. The van der Waals surface area contributed by atoms with E-state index in [1.54, 1.807) is 4.90 Å². The first kappa shape index (κ1) is 16.0. The highest BCUT2D eigenvalue weighted by molar-refractivity contribution is 5.90. The SMILES string of the molecule is CCN(CC)C(=O)Oc1cc(-c2ccccc2)nc2ccccc12. The molecule has 0 fully saturated rings. The monoisotopic (exact) mass is 320 g/mol. The number of carbonyl (C=O) groups is 1. The Labute approximate surface area is 141 Å². The molecule has 0 unspecified atom stereocenters. The molecule has 0 N–H and O–H groups in total. The predicted molar refractivity (Wildman–Crippen MR) is 96.1 cm³/mol. The molecule has 1 heterocycles. The fourth-order valence-corrected chi connectivity index (χ4v) is 2.63. The molecule has 0 bridgehead atoms. The standard InChI is InChI=1S/C20H20N2O2/c1-3-22(4-2)20(23)24-19-14-18(15-10-6-5-7-11-15)21-17-13-9-8-12-16(17)19/h5-14H,3-4H2,1-2H3. The summed E-state index contributed by atoms with van der Waals surface area (Å²) in [6.07, 6.45) is -0.338. The van der Waals surface area contributed by atoms with E-state index in [-0.39, 0.29) is 6.09 Å². The maximum atomic E-state index is 12.3. The summed E-state index contributed by atoms with van der Waals surface area (Å²) in [5.74, 6) is 0.538. The Morgan fingerprint density at radius 3 is 2.38 bits per heavy atom. The van der Waals surface area contributed by atoms with Crippen molar-refractivity contribution in [2.24, 2.45) is 0 Å². The lowest BCUT2D eigenvalue weighted by molar-refractivity contribution is 0.158. The highest BCUT2D eigenvalue weighted by atomic mass is 16.6. The zero-order chi connectivity index (χ0) is 16.9. The Morgan fingerprint density at radius 1 is 1.00 bits per heavy atom. The van der Waals surface area contributed by atoms with Crippen LogP contribution in [0, 0.1) is 0 Å². The minimum Gasteiger partial charge on any atom is -0.409 e. The molecule has 0 spiro atoms. The molecule has 1 aromatic heterocycles. The van der Waals surface area contributed by atoms with Crippen molar-refractivity contribution in [3.05, 3.63) is 60.7 Å². The van der Waals surface area contributed by atoms with Crippen LogP contribution in [0.15, 0.2) is 60.7 Å². The number of carbonyl (C=O) groups excluding carboxylic acids is 1. The van der Waals surface area contributed by atoms with Crippen molar-refractivity contribution in [3.8, 4) is 17.0 Å². The number of hydrogen-bond acceptors (Lipinski definition) is 3. The van der Waals surface area contributed by atoms with Crippen molar-refractivity contribution in [2.75, 3.05) is 13.1 Å². The number of rotatable bonds is 4. The maximum absolute atomic E-state index is 12.3. The number of ether oxygens (including phenoxy) is 1. The lowest BCUT2D eigenvalue weighted by atomic mass is 10.1. The average molecular weight is 320 g/mol. The van der Waals surface area contributed by atoms with Gasteiger partial charge in [-0.25, -0.2) is 9.78 Å². The molecular weight excluding hydrogens is 300 g/mol. The Morgan fingerprint density at radius 2 is 1.67 bits per heavy atom. The van der Waals surface area contributed by atoms with Gasteiger partial charge >= 0.3 is 6.09 Å². The van der Waals surface area contributed by atoms with Gasteiger partial charge in [0.15, 0.2) is 0 Å². The summed E-state index contributed by atoms with van der Waals surface area (Å²) < 4.78 is 5.68. The fourth-order valence-electron chi connectivity index (χ4n) is 2.63. The molecule has 4 heteroatoms. The van der Waals surface area contributed by atoms with Crippen LogP contribution in [0.1, 0.15) is 13.8 Å². The topological polar surface area (TPSA) is 42.4 Å². The largest absolute Gasteiger partial charge is 0.415 e. The second kappa shape index (κ2) is 7.13. The Bertz CT molecular complexity index is 843. The van der Waals surface area contributed by atoms with E-state index in [0.29, 0.717) is 18.8 Å². The van der Waals surface area contributed by atoms with Crippen LogP contribution in [0.2, 0.25) is 0 Å². The summed E-state index contributed by atoms with van der Waals surface area (Å²) in [5, 5.41) is 0.831. The quantitative estimate of drug-likeness (QED) is 0.697. The first-order valence-electron chi connectivity index (χ1n) is 8.15. The highest BCUT2D eigenvalue weighted by Gasteiger charge is 2.15. The predicted octanol–water partition coefficient (Wildman–Crippen LogP) is 4.74. The third-order valence-electron chi connectivity index (χ3n) is 3.97. The molecule has 3 rings (SSSR count). The Hall–Kier alpha value is -2.88. The molecule has 0 atom stereocenters. The van der Waals surface area contributed by atoms with Crippen molar-refractivity contribution in [1.29, 1.82) is 0 Å². The molecule has 24 heavy (non-hydrogen) atoms. The van der Waals surface area contributed by atoms with Gasteiger partial charge in [0.25, 0.3) is 0 Å². The van der Waals surface area contributed by atoms with Gasteiger partial charge in [-0.2, -0.15) is 0 Å². The van der Waals surface area contributed by atoms with Crippen molar-refractivity contribution in [1.82, 2.24) is 9.88 Å². The zero-order valence-corrected chi connectivity index (χ0v) is 13.9. The van der Waals surface area contributed by atoms with Crippen LogP contribution in [0.4, 0.5) is 4.79 Å². The van der Waals surface area contributed by atoms with E-state index < -0.39 is 0 Å². The second-order valence-corrected chi connectivity index (χ2v) is 5.43. The molecule has 0 aliphatic carbocycles. The molecule has 3 aromatic rings. The number of amides is 1. The molecule has 0 saturated carbocycles. The van der Waals surface area contributed by atoms with Crippen molar-refractivity contribution < 1.29 is 9.53 Å². The number of fused-ring (bicyclic) bond motifs is 1. The van der Waals surface area contributed by atoms with Crippen LogP contribution in [-0.4, -0.2) is 29.1 Å². The van der Waals surface area contributed by atoms with Crippen molar-refractivity contribution >= 4 is 17.0 Å². The summed E-state index contributed by atoms with van der Waals surface area (Å²) in [5.41, 5.74) is 2.58. The summed E-state index contributed by atoms with van der Waals surface area (Å²) in [6.45, 7) is 5.10. The molecule has 1 amide bonds. The normalized spacial score (nSPS) is 10.6. The van der Waals surface area contributed by atoms with Gasteiger partial charge in [0.1, 0.15) is 5.75 Å². The second-order valence-electron chi connectivity index (χ2n) is 5.43. The fraction of sp³-hybridized carbons (Fsp3) is 0.200. The lowest BCUT2D eigenvalue weighted by Crippen LogP contribution is -2.33. The van der Waals surface area contributed by atoms with E-state index in [1.807, 2.05) is 74.5 Å². The number of para-hydroxylation sites is 1. The van der Waals surface area contributed by atoms with E-state index in [9.17, 15) is 4.79 Å². The molecule has 0 aliphatic heterocycles. The van der Waals surface area contributed by atoms with E-state index in [2.05, 4.69) is 0 Å². The van der Waals surface area contributed by atoms with E-state index in [1.165, 1.54) is 0 Å². The minimum absolute atomic E-state index is 0.338. The number of pyridine rings is 1. The van der Waals surface area contributed by atoms with Crippen LogP contribution < -0.4 is 4.74 Å². The first-order chi connectivity index (χ1) is 11.7. The number of aromatic nitrogens is 1. The molecule has 0 radical (unpaired) electrons. The van der Waals surface area contributed by atoms with Gasteiger partial charge in [-0.3, -0.25) is 0 Å². The summed E-state index contributed by atoms with van der Waals surface area (Å²) in [7, 11) is 0. The molecule has 0 aliphatic rings. The molecule has 0 saturated heterocycles. The smallest absolute Gasteiger partial charge is 0.409 e. The number of nitrogens with zero attached hydrogens (tertiary/aromatic N) is 2. The van der Waals surface area contributed by atoms with Gasteiger partial charge in [-0.1, -0.05) is 42.5 Å². The van der Waals surface area contributed by atoms with Crippen molar-refractivity contribution in [2.45, 2.75) is 13.8 Å². The molecular formula is C20H20N2O2. The summed E-state index contributed by atoms with van der Waals surface area (Å²) >= 11 is 0. The summed E-state index contributed by atoms with van der Waals surface area (Å²) in [4.78, 5) is 18.7. The molecule has 2 aromatic carbocycles. The van der Waals surface area contributed by atoms with E-state index in [4.69, 9.17) is 9.72 Å². The number of hydrogen-bond donors (Lipinski definition) is 0. The molecule has 122 valence electrons. The lowest BCUT2D eigenvalue weighted by Gasteiger charge is -2.19. The third-order valence-corrected chi connectivity index (χ3v) is 3.97. The van der Waals surface area contributed by atoms with Gasteiger partial charge in [0.2, 0.25) is 0 Å². The highest BCUT2D eigenvalue weighted by Crippen LogP contribution is 2.30. The number of benzene rings is 2. The van der Waals surface area contributed by atoms with Gasteiger partial charge < -0.3 is 9.64 Å². The van der Waals surface area contributed by atoms with Gasteiger partial charge in [0, 0.05) is 30.1 Å². The van der Waals surface area contributed by atoms with Crippen LogP contribution in [0.25, 0.3) is 22.2 Å². The molecule has 4 nitrogen and oxygen atoms in total. The van der Waals surface area contributed by atoms with Crippen molar-refractivity contribution in [3.63, 3.8) is 0 Å². The maximum Gasteiger partial charge on any atom is 0.415 e. The van der Waals surface area contributed by atoms with Crippen LogP contribution >= 0.6 is 0 Å². The van der Waals surface area contributed by atoms with Crippen LogP contribution in [0.3, 0.4) is 0 Å². The Balaban J connectivity index is 2.07. The van der Waals surface area contributed by atoms with Crippen LogP contribution in [-0.2, 0) is 0 Å². The van der Waals surface area contributed by atoms with E-state index >= 15 is 0 Å². The Kier molecular flexibility index (Phi) is 4.75. The zero-order valence-electron chi connectivity index (χ0n) is 13.9. The van der Waals surface area contributed by atoms with Gasteiger partial charge in [-0.05, 0) is 26.0 Å². The van der Waals surface area contributed by atoms with Crippen LogP contribution in [0.5, 0.6) is 5.75 Å². The van der Waals surface area contributed by atoms with Gasteiger partial charge in [-0.15, -0.1) is 0 Å². The van der Waals surface area contributed by atoms with Gasteiger partial charge in [0.05, 0.1) is 11.2 Å². The minimum atomic E-state index is -0.338. The summed E-state index contributed by atoms with van der Waals surface area (Å²) in [6, 6.07) is 19.4. The van der Waals surface area contributed by atoms with E-state index in [0.717, 1.165) is 22.2 Å². The third kappa shape index (κ3) is 3.23. The first-order valence-corrected chi connectivity index (χ1v) is 8.15.